The van der Waals surface area contributed by atoms with E-state index in [1.54, 1.807) is 0 Å². The molecule has 1 aromatic carbocycles. The molecule has 1 aromatic heterocycles. The number of carbonyl (C=O) groups excluding carboxylic acids is 1. The first-order chi connectivity index (χ1) is 13.7. The molecule has 7 heteroatoms. The zero-order valence-corrected chi connectivity index (χ0v) is 16.9. The van der Waals surface area contributed by atoms with Gasteiger partial charge in [-0.1, -0.05) is 22.8 Å². The van der Waals surface area contributed by atoms with Crippen LogP contribution in [0.4, 0.5) is 5.69 Å². The standard InChI is InChI=1S/C21H27ClN4O2/c22-16-5-3-6-17(15-16)26-13-11-25(12-14-26)10-4-9-23-21(27)20-18-7-1-2-8-19(18)28-24-20/h3,5-6,15H,1-2,4,7-14H2,(H,23,27). The number of amides is 1. The van der Waals surface area contributed by atoms with E-state index in [-0.39, 0.29) is 5.91 Å². The van der Waals surface area contributed by atoms with Crippen molar-refractivity contribution in [3.8, 4) is 0 Å². The Labute approximate surface area is 170 Å². The highest BCUT2D eigenvalue weighted by Crippen LogP contribution is 2.24. The Balaban J connectivity index is 1.17. The van der Waals surface area contributed by atoms with Crippen molar-refractivity contribution in [3.05, 3.63) is 46.3 Å². The molecule has 150 valence electrons. The van der Waals surface area contributed by atoms with Crippen molar-refractivity contribution in [2.75, 3.05) is 44.2 Å². The predicted molar refractivity (Wildman–Crippen MR) is 110 cm³/mol. The first-order valence-electron chi connectivity index (χ1n) is 10.2. The number of anilines is 1. The summed E-state index contributed by atoms with van der Waals surface area (Å²) < 4.78 is 5.33. The van der Waals surface area contributed by atoms with Crippen LogP contribution in [0.2, 0.25) is 5.02 Å². The molecular formula is C21H27ClN4O2. The number of hydrogen-bond acceptors (Lipinski definition) is 5. The number of fused-ring (bicyclic) bond motifs is 1. The molecule has 1 saturated heterocycles. The van der Waals surface area contributed by atoms with Gasteiger partial charge in [0.1, 0.15) is 5.76 Å². The van der Waals surface area contributed by atoms with Gasteiger partial charge < -0.3 is 14.7 Å². The largest absolute Gasteiger partial charge is 0.369 e. The van der Waals surface area contributed by atoms with E-state index in [1.165, 1.54) is 5.69 Å². The number of carbonyl (C=O) groups is 1. The fourth-order valence-electron chi connectivity index (χ4n) is 4.05. The molecule has 0 spiro atoms. The topological polar surface area (TPSA) is 61.6 Å². The van der Waals surface area contributed by atoms with Crippen molar-refractivity contribution in [2.45, 2.75) is 32.1 Å². The molecule has 1 aliphatic carbocycles. The van der Waals surface area contributed by atoms with Crippen LogP contribution in [-0.2, 0) is 12.8 Å². The zero-order valence-electron chi connectivity index (χ0n) is 16.1. The van der Waals surface area contributed by atoms with Gasteiger partial charge in [0, 0.05) is 55.4 Å². The van der Waals surface area contributed by atoms with Gasteiger partial charge in [0.25, 0.3) is 5.91 Å². The minimum Gasteiger partial charge on any atom is -0.369 e. The maximum absolute atomic E-state index is 12.4. The van der Waals surface area contributed by atoms with E-state index in [2.05, 4.69) is 26.3 Å². The lowest BCUT2D eigenvalue weighted by Gasteiger charge is -2.36. The third kappa shape index (κ3) is 4.50. The first-order valence-corrected chi connectivity index (χ1v) is 10.6. The number of piperazine rings is 1. The highest BCUT2D eigenvalue weighted by molar-refractivity contribution is 6.30. The van der Waals surface area contributed by atoms with E-state index >= 15 is 0 Å². The number of benzene rings is 1. The van der Waals surface area contributed by atoms with E-state index in [0.717, 1.165) is 81.2 Å². The first kappa shape index (κ1) is 19.3. The van der Waals surface area contributed by atoms with Gasteiger partial charge in [0.15, 0.2) is 5.69 Å². The van der Waals surface area contributed by atoms with Crippen LogP contribution < -0.4 is 10.2 Å². The average molecular weight is 403 g/mol. The lowest BCUT2D eigenvalue weighted by atomic mass is 9.96. The van der Waals surface area contributed by atoms with Crippen LogP contribution in [0.5, 0.6) is 0 Å². The molecule has 4 rings (SSSR count). The number of nitrogens with zero attached hydrogens (tertiary/aromatic N) is 3. The number of aromatic nitrogens is 1. The molecule has 28 heavy (non-hydrogen) atoms. The van der Waals surface area contributed by atoms with Crippen molar-refractivity contribution < 1.29 is 9.32 Å². The Morgan fingerprint density at radius 2 is 2.00 bits per heavy atom. The van der Waals surface area contributed by atoms with Gasteiger partial charge in [-0.2, -0.15) is 0 Å². The van der Waals surface area contributed by atoms with Crippen LogP contribution in [0.15, 0.2) is 28.8 Å². The Hall–Kier alpha value is -2.05. The second-order valence-electron chi connectivity index (χ2n) is 7.56. The van der Waals surface area contributed by atoms with Crippen LogP contribution in [-0.4, -0.2) is 55.2 Å². The number of aryl methyl sites for hydroxylation is 1. The molecule has 1 amide bonds. The molecular weight excluding hydrogens is 376 g/mol. The lowest BCUT2D eigenvalue weighted by molar-refractivity contribution is 0.0941. The summed E-state index contributed by atoms with van der Waals surface area (Å²) in [4.78, 5) is 17.2. The quantitative estimate of drug-likeness (QED) is 0.752. The molecule has 0 radical (unpaired) electrons. The summed E-state index contributed by atoms with van der Waals surface area (Å²) in [5, 5.41) is 7.78. The van der Waals surface area contributed by atoms with E-state index in [1.807, 2.05) is 18.2 Å². The molecule has 0 unspecified atom stereocenters. The summed E-state index contributed by atoms with van der Waals surface area (Å²) in [6, 6.07) is 8.04. The van der Waals surface area contributed by atoms with E-state index in [4.69, 9.17) is 16.1 Å². The summed E-state index contributed by atoms with van der Waals surface area (Å²) in [5.74, 6) is 0.798. The molecule has 1 aliphatic heterocycles. The van der Waals surface area contributed by atoms with Crippen LogP contribution in [0.25, 0.3) is 0 Å². The van der Waals surface area contributed by atoms with Crippen molar-refractivity contribution in [1.29, 1.82) is 0 Å². The minimum atomic E-state index is -0.0994. The predicted octanol–water partition coefficient (Wildman–Crippen LogP) is 3.15. The maximum atomic E-state index is 12.4. The van der Waals surface area contributed by atoms with Gasteiger partial charge in [-0.05, 0) is 50.4 Å². The van der Waals surface area contributed by atoms with Gasteiger partial charge in [-0.25, -0.2) is 0 Å². The Kier molecular flexibility index (Phi) is 6.17. The van der Waals surface area contributed by atoms with E-state index < -0.39 is 0 Å². The monoisotopic (exact) mass is 402 g/mol. The Bertz CT molecular complexity index is 814. The fraction of sp³-hybridized carbons (Fsp3) is 0.524. The van der Waals surface area contributed by atoms with Crippen LogP contribution in [0.1, 0.15) is 41.1 Å². The summed E-state index contributed by atoms with van der Waals surface area (Å²) in [6.45, 7) is 5.69. The number of nitrogens with one attached hydrogen (secondary N) is 1. The van der Waals surface area contributed by atoms with E-state index in [0.29, 0.717) is 12.2 Å². The zero-order chi connectivity index (χ0) is 19.3. The SMILES string of the molecule is O=C(NCCCN1CCN(c2cccc(Cl)c2)CC1)c1noc2c1CCCC2. The van der Waals surface area contributed by atoms with Crippen LogP contribution in [0.3, 0.4) is 0 Å². The highest BCUT2D eigenvalue weighted by atomic mass is 35.5. The van der Waals surface area contributed by atoms with Crippen molar-refractivity contribution in [3.63, 3.8) is 0 Å². The van der Waals surface area contributed by atoms with Crippen LogP contribution in [0, 0.1) is 0 Å². The molecule has 0 atom stereocenters. The van der Waals surface area contributed by atoms with Gasteiger partial charge in [-0.3, -0.25) is 9.69 Å². The molecule has 0 saturated carbocycles. The molecule has 6 nitrogen and oxygen atoms in total. The fourth-order valence-corrected chi connectivity index (χ4v) is 4.24. The van der Waals surface area contributed by atoms with Gasteiger partial charge in [0.05, 0.1) is 0 Å². The minimum absolute atomic E-state index is 0.0994. The number of halogens is 1. The van der Waals surface area contributed by atoms with Gasteiger partial charge in [0.2, 0.25) is 0 Å². The lowest BCUT2D eigenvalue weighted by Crippen LogP contribution is -2.47. The van der Waals surface area contributed by atoms with Crippen molar-refractivity contribution in [2.24, 2.45) is 0 Å². The summed E-state index contributed by atoms with van der Waals surface area (Å²) >= 11 is 6.10. The highest BCUT2D eigenvalue weighted by Gasteiger charge is 2.23. The van der Waals surface area contributed by atoms with Crippen LogP contribution >= 0.6 is 11.6 Å². The van der Waals surface area contributed by atoms with Gasteiger partial charge >= 0.3 is 0 Å². The van der Waals surface area contributed by atoms with E-state index in [9.17, 15) is 4.79 Å². The third-order valence-corrected chi connectivity index (χ3v) is 5.88. The summed E-state index contributed by atoms with van der Waals surface area (Å²) in [6.07, 6.45) is 4.96. The molecule has 1 fully saturated rings. The molecule has 1 N–H and O–H groups in total. The van der Waals surface area contributed by atoms with Gasteiger partial charge in [-0.15, -0.1) is 0 Å². The maximum Gasteiger partial charge on any atom is 0.273 e. The van der Waals surface area contributed by atoms with Crippen molar-refractivity contribution >= 4 is 23.2 Å². The smallest absolute Gasteiger partial charge is 0.273 e. The average Bonchev–Trinajstić information content (AvgIpc) is 3.16. The second kappa shape index (κ2) is 8.97. The third-order valence-electron chi connectivity index (χ3n) is 5.65. The Morgan fingerprint density at radius 1 is 1.18 bits per heavy atom. The molecule has 0 bridgehead atoms. The summed E-state index contributed by atoms with van der Waals surface area (Å²) in [5.41, 5.74) is 2.70. The summed E-state index contributed by atoms with van der Waals surface area (Å²) in [7, 11) is 0. The molecule has 2 heterocycles. The Morgan fingerprint density at radius 3 is 2.82 bits per heavy atom. The molecule has 2 aromatic rings. The normalized spacial score (nSPS) is 17.4. The number of rotatable bonds is 6. The molecule has 2 aliphatic rings. The second-order valence-corrected chi connectivity index (χ2v) is 7.99. The number of hydrogen-bond donors (Lipinski definition) is 1. The van der Waals surface area contributed by atoms with Crippen molar-refractivity contribution in [1.82, 2.24) is 15.4 Å².